The van der Waals surface area contributed by atoms with Crippen molar-refractivity contribution < 1.29 is 9.90 Å². The lowest BCUT2D eigenvalue weighted by molar-refractivity contribution is 0.0699. The molecule has 0 bridgehead atoms. The number of nitrogens with zero attached hydrogens (tertiary/aromatic N) is 1. The van der Waals surface area contributed by atoms with E-state index < -0.39 is 5.97 Å². The van der Waals surface area contributed by atoms with Gasteiger partial charge < -0.3 is 5.11 Å². The van der Waals surface area contributed by atoms with E-state index in [9.17, 15) is 4.79 Å². The molecule has 1 N–H and O–H groups in total. The van der Waals surface area contributed by atoms with Crippen molar-refractivity contribution in [2.45, 2.75) is 45.2 Å². The van der Waals surface area contributed by atoms with Gasteiger partial charge in [0.25, 0.3) is 0 Å². The van der Waals surface area contributed by atoms with Crippen molar-refractivity contribution in [2.75, 3.05) is 7.05 Å². The molecule has 1 fully saturated rings. The summed E-state index contributed by atoms with van der Waals surface area (Å²) in [6.45, 7) is 3.07. The number of aromatic carboxylic acids is 1. The molecule has 1 aliphatic rings. The second kappa shape index (κ2) is 5.85. The summed E-state index contributed by atoms with van der Waals surface area (Å²) in [6.07, 6.45) is 5.07. The molecule has 1 aliphatic carbocycles. The van der Waals surface area contributed by atoms with Gasteiger partial charge in [-0.3, -0.25) is 4.90 Å². The fraction of sp³-hybridized carbons (Fsp3) is 0.643. The molecule has 3 nitrogen and oxygen atoms in total. The summed E-state index contributed by atoms with van der Waals surface area (Å²) in [5.74, 6) is 0.0519. The minimum absolute atomic E-state index is 0.492. The Bertz CT molecular complexity index is 408. The van der Waals surface area contributed by atoms with Crippen molar-refractivity contribution in [1.29, 1.82) is 0 Å². The number of hydrogen-bond donors (Lipinski definition) is 1. The molecule has 0 saturated heterocycles. The van der Waals surface area contributed by atoms with Gasteiger partial charge in [-0.05, 0) is 55.7 Å². The molecule has 18 heavy (non-hydrogen) atoms. The predicted octanol–water partition coefficient (Wildman–Crippen LogP) is 3.46. The Morgan fingerprint density at radius 3 is 2.72 bits per heavy atom. The molecule has 2 rings (SSSR count). The van der Waals surface area contributed by atoms with Crippen LogP contribution in [-0.4, -0.2) is 29.1 Å². The van der Waals surface area contributed by atoms with E-state index >= 15 is 0 Å². The normalized spacial score (nSPS) is 24.4. The number of carboxylic acid groups (broad SMARTS) is 1. The van der Waals surface area contributed by atoms with E-state index in [1.54, 1.807) is 0 Å². The van der Waals surface area contributed by atoms with Crippen LogP contribution in [0.4, 0.5) is 0 Å². The molecule has 0 unspecified atom stereocenters. The van der Waals surface area contributed by atoms with Crippen molar-refractivity contribution >= 4 is 17.3 Å². The van der Waals surface area contributed by atoms with Gasteiger partial charge in [-0.25, -0.2) is 4.79 Å². The van der Waals surface area contributed by atoms with Gasteiger partial charge in [0.05, 0.1) is 0 Å². The van der Waals surface area contributed by atoms with Crippen molar-refractivity contribution in [3.8, 4) is 0 Å². The summed E-state index contributed by atoms with van der Waals surface area (Å²) in [5.41, 5.74) is 0.952. The Kier molecular flexibility index (Phi) is 4.40. The highest BCUT2D eigenvalue weighted by Crippen LogP contribution is 2.28. The molecule has 1 aromatic heterocycles. The molecule has 1 saturated carbocycles. The van der Waals surface area contributed by atoms with Gasteiger partial charge in [-0.15, -0.1) is 11.3 Å². The van der Waals surface area contributed by atoms with Crippen molar-refractivity contribution in [2.24, 2.45) is 5.92 Å². The number of thiophene rings is 1. The lowest BCUT2D eigenvalue weighted by atomic mass is 9.86. The number of carbonyl (C=O) groups is 1. The fourth-order valence-corrected chi connectivity index (χ4v) is 3.48. The summed E-state index contributed by atoms with van der Waals surface area (Å²) in [6, 6.07) is 2.55. The SMILES string of the molecule is CC1CCC(N(C)Cc2ccsc2C(=O)O)CC1. The summed E-state index contributed by atoms with van der Waals surface area (Å²) >= 11 is 1.32. The Morgan fingerprint density at radius 2 is 2.11 bits per heavy atom. The van der Waals surface area contributed by atoms with Crippen molar-refractivity contribution in [3.05, 3.63) is 21.9 Å². The zero-order valence-corrected chi connectivity index (χ0v) is 11.9. The fourth-order valence-electron chi connectivity index (χ4n) is 2.73. The monoisotopic (exact) mass is 267 g/mol. The van der Waals surface area contributed by atoms with Gasteiger partial charge in [-0.2, -0.15) is 0 Å². The second-order valence-corrected chi connectivity index (χ2v) is 6.33. The molecular formula is C14H21NO2S. The Labute approximate surface area is 112 Å². The van der Waals surface area contributed by atoms with Crippen LogP contribution in [0, 0.1) is 5.92 Å². The van der Waals surface area contributed by atoms with Crippen molar-refractivity contribution in [3.63, 3.8) is 0 Å². The molecule has 4 heteroatoms. The first kappa shape index (κ1) is 13.6. The quantitative estimate of drug-likeness (QED) is 0.908. The van der Waals surface area contributed by atoms with Gasteiger partial charge in [0.15, 0.2) is 0 Å². The van der Waals surface area contributed by atoms with Crippen LogP contribution in [0.2, 0.25) is 0 Å². The molecule has 0 aliphatic heterocycles. The van der Waals surface area contributed by atoms with Crippen LogP contribution in [0.5, 0.6) is 0 Å². The van der Waals surface area contributed by atoms with Gasteiger partial charge >= 0.3 is 5.97 Å². The summed E-state index contributed by atoms with van der Waals surface area (Å²) in [5, 5.41) is 11.0. The third-order valence-electron chi connectivity index (χ3n) is 3.97. The van der Waals surface area contributed by atoms with E-state index in [0.29, 0.717) is 10.9 Å². The molecule has 0 atom stereocenters. The maximum Gasteiger partial charge on any atom is 0.346 e. The first-order chi connectivity index (χ1) is 8.58. The average Bonchev–Trinajstić information content (AvgIpc) is 2.78. The summed E-state index contributed by atoms with van der Waals surface area (Å²) < 4.78 is 0. The van der Waals surface area contributed by atoms with Gasteiger partial charge in [0, 0.05) is 12.6 Å². The zero-order valence-electron chi connectivity index (χ0n) is 11.1. The van der Waals surface area contributed by atoms with Crippen LogP contribution in [-0.2, 0) is 6.54 Å². The third-order valence-corrected chi connectivity index (χ3v) is 4.91. The maximum atomic E-state index is 11.1. The molecule has 1 heterocycles. The first-order valence-corrected chi connectivity index (χ1v) is 7.45. The van der Waals surface area contributed by atoms with E-state index in [1.807, 2.05) is 11.4 Å². The molecule has 1 aromatic rings. The highest BCUT2D eigenvalue weighted by Gasteiger charge is 2.23. The van der Waals surface area contributed by atoms with Gasteiger partial charge in [-0.1, -0.05) is 6.92 Å². The Morgan fingerprint density at radius 1 is 1.44 bits per heavy atom. The van der Waals surface area contributed by atoms with Crippen LogP contribution in [0.15, 0.2) is 11.4 Å². The summed E-state index contributed by atoms with van der Waals surface area (Å²) in [4.78, 5) is 13.9. The Hall–Kier alpha value is -0.870. The lowest BCUT2D eigenvalue weighted by Gasteiger charge is -2.33. The van der Waals surface area contributed by atoms with Crippen LogP contribution in [0.3, 0.4) is 0 Å². The number of carboxylic acids is 1. The highest BCUT2D eigenvalue weighted by molar-refractivity contribution is 7.12. The van der Waals surface area contributed by atoms with E-state index in [0.717, 1.165) is 18.0 Å². The number of hydrogen-bond acceptors (Lipinski definition) is 3. The smallest absolute Gasteiger partial charge is 0.346 e. The highest BCUT2D eigenvalue weighted by atomic mass is 32.1. The molecular weight excluding hydrogens is 246 g/mol. The van der Waals surface area contributed by atoms with E-state index in [1.165, 1.54) is 37.0 Å². The van der Waals surface area contributed by atoms with Crippen LogP contribution in [0.1, 0.15) is 47.8 Å². The Balaban J connectivity index is 1.96. The lowest BCUT2D eigenvalue weighted by Crippen LogP contribution is -2.34. The van der Waals surface area contributed by atoms with Crippen molar-refractivity contribution in [1.82, 2.24) is 4.90 Å². The zero-order chi connectivity index (χ0) is 13.1. The average molecular weight is 267 g/mol. The minimum Gasteiger partial charge on any atom is -0.477 e. The number of rotatable bonds is 4. The topological polar surface area (TPSA) is 40.5 Å². The van der Waals surface area contributed by atoms with E-state index in [2.05, 4.69) is 18.9 Å². The van der Waals surface area contributed by atoms with Crippen LogP contribution < -0.4 is 0 Å². The van der Waals surface area contributed by atoms with Crippen LogP contribution in [0.25, 0.3) is 0 Å². The third kappa shape index (κ3) is 3.12. The molecule has 0 aromatic carbocycles. The maximum absolute atomic E-state index is 11.1. The molecule has 100 valence electrons. The van der Waals surface area contributed by atoms with Gasteiger partial charge in [0.2, 0.25) is 0 Å². The first-order valence-electron chi connectivity index (χ1n) is 6.58. The molecule has 0 amide bonds. The standard InChI is InChI=1S/C14H21NO2S/c1-10-3-5-12(6-4-10)15(2)9-11-7-8-18-13(11)14(16)17/h7-8,10,12H,3-6,9H2,1-2H3,(H,16,17). The molecule has 0 spiro atoms. The second-order valence-electron chi connectivity index (χ2n) is 5.41. The van der Waals surface area contributed by atoms with E-state index in [-0.39, 0.29) is 0 Å². The summed E-state index contributed by atoms with van der Waals surface area (Å²) in [7, 11) is 2.12. The predicted molar refractivity (Wildman–Crippen MR) is 74.2 cm³/mol. The van der Waals surface area contributed by atoms with Crippen LogP contribution >= 0.6 is 11.3 Å². The van der Waals surface area contributed by atoms with E-state index in [4.69, 9.17) is 5.11 Å². The van der Waals surface area contributed by atoms with Gasteiger partial charge in [0.1, 0.15) is 4.88 Å². The largest absolute Gasteiger partial charge is 0.477 e. The minimum atomic E-state index is -0.800. The molecule has 0 radical (unpaired) electrons.